The molecule has 16 heavy (non-hydrogen) atoms. The summed E-state index contributed by atoms with van der Waals surface area (Å²) in [6, 6.07) is 0.311. The first-order valence-electron chi connectivity index (χ1n) is 5.71. The van der Waals surface area contributed by atoms with Crippen LogP contribution in [0.2, 0.25) is 0 Å². The monoisotopic (exact) mass is 248 g/mol. The Bertz CT molecular complexity index is 344. The molecule has 0 spiro atoms. The van der Waals surface area contributed by atoms with E-state index in [-0.39, 0.29) is 0 Å². The third-order valence-corrected chi connectivity index (χ3v) is 4.91. The van der Waals surface area contributed by atoms with E-state index in [0.717, 1.165) is 26.2 Å². The van der Waals surface area contributed by atoms with E-state index >= 15 is 0 Å². The van der Waals surface area contributed by atoms with Gasteiger partial charge in [-0.1, -0.05) is 0 Å². The molecule has 0 saturated carbocycles. The van der Waals surface area contributed by atoms with Crippen molar-refractivity contribution in [3.8, 4) is 0 Å². The van der Waals surface area contributed by atoms with Gasteiger partial charge in [-0.2, -0.15) is 0 Å². The zero-order chi connectivity index (χ0) is 11.8. The van der Waals surface area contributed by atoms with E-state index in [1.165, 1.54) is 6.26 Å². The molecule has 0 bridgehead atoms. The minimum absolute atomic E-state index is 0.311. The van der Waals surface area contributed by atoms with Gasteiger partial charge in [-0.25, -0.2) is 12.7 Å². The lowest BCUT2D eigenvalue weighted by atomic mass is 9.93. The fraction of sp³-hybridized carbons (Fsp3) is 1.00. The quantitative estimate of drug-likeness (QED) is 0.633. The van der Waals surface area contributed by atoms with Gasteiger partial charge in [-0.3, -0.25) is 4.90 Å². The predicted octanol–water partition coefficient (Wildman–Crippen LogP) is -0.401. The van der Waals surface area contributed by atoms with E-state index in [1.54, 1.807) is 4.31 Å². The van der Waals surface area contributed by atoms with Crippen LogP contribution >= 0.6 is 0 Å². The van der Waals surface area contributed by atoms with Crippen molar-refractivity contribution in [1.82, 2.24) is 9.21 Å². The highest BCUT2D eigenvalue weighted by molar-refractivity contribution is 7.88. The lowest BCUT2D eigenvalue weighted by Gasteiger charge is -2.39. The molecule has 0 aromatic rings. The van der Waals surface area contributed by atoms with Gasteiger partial charge in [-0.05, 0) is 13.5 Å². The summed E-state index contributed by atoms with van der Waals surface area (Å²) < 4.78 is 30.2. The Labute approximate surface area is 97.4 Å². The maximum Gasteiger partial charge on any atom is 0.211 e. The number of nitrogens with zero attached hydrogens (tertiary/aromatic N) is 2. The van der Waals surface area contributed by atoms with Crippen LogP contribution in [0.1, 0.15) is 6.42 Å². The van der Waals surface area contributed by atoms with Crippen LogP contribution in [0.3, 0.4) is 0 Å². The summed E-state index contributed by atoms with van der Waals surface area (Å²) in [4.78, 5) is 2.23. The third kappa shape index (κ3) is 2.56. The molecule has 0 aromatic heterocycles. The Hall–Kier alpha value is -0.170. The molecular weight excluding hydrogens is 228 g/mol. The lowest BCUT2D eigenvalue weighted by molar-refractivity contribution is 0.0861. The Morgan fingerprint density at radius 1 is 1.31 bits per heavy atom. The fourth-order valence-electron chi connectivity index (χ4n) is 2.56. The molecule has 2 atom stereocenters. The van der Waals surface area contributed by atoms with E-state index in [0.29, 0.717) is 25.0 Å². The first-order valence-corrected chi connectivity index (χ1v) is 7.56. The molecule has 0 amide bonds. The van der Waals surface area contributed by atoms with E-state index in [1.807, 2.05) is 0 Å². The van der Waals surface area contributed by atoms with Gasteiger partial charge in [0.1, 0.15) is 0 Å². The van der Waals surface area contributed by atoms with Gasteiger partial charge < -0.3 is 4.74 Å². The largest absolute Gasteiger partial charge is 0.380 e. The summed E-state index contributed by atoms with van der Waals surface area (Å²) in [6.45, 7) is 3.66. The molecule has 0 aromatic carbocycles. The molecule has 0 N–H and O–H groups in total. The number of ether oxygens (including phenoxy) is 1. The van der Waals surface area contributed by atoms with Gasteiger partial charge in [0.15, 0.2) is 0 Å². The lowest BCUT2D eigenvalue weighted by Crippen LogP contribution is -2.53. The molecule has 2 aliphatic heterocycles. The van der Waals surface area contributed by atoms with Gasteiger partial charge in [-0.15, -0.1) is 0 Å². The number of rotatable bonds is 1. The van der Waals surface area contributed by atoms with Gasteiger partial charge in [0.25, 0.3) is 0 Å². The molecule has 2 rings (SSSR count). The Balaban J connectivity index is 2.11. The molecule has 2 heterocycles. The van der Waals surface area contributed by atoms with Gasteiger partial charge >= 0.3 is 0 Å². The Morgan fingerprint density at radius 3 is 2.75 bits per heavy atom. The van der Waals surface area contributed by atoms with Gasteiger partial charge in [0, 0.05) is 31.6 Å². The van der Waals surface area contributed by atoms with Crippen molar-refractivity contribution in [2.45, 2.75) is 12.5 Å². The van der Waals surface area contributed by atoms with E-state index in [4.69, 9.17) is 4.74 Å². The van der Waals surface area contributed by atoms with Crippen LogP contribution in [-0.4, -0.2) is 69.8 Å². The highest BCUT2D eigenvalue weighted by atomic mass is 32.2. The van der Waals surface area contributed by atoms with Crippen LogP contribution in [-0.2, 0) is 14.8 Å². The molecule has 0 unspecified atom stereocenters. The first-order chi connectivity index (χ1) is 7.48. The predicted molar refractivity (Wildman–Crippen MR) is 61.8 cm³/mol. The number of piperidine rings is 1. The van der Waals surface area contributed by atoms with Crippen LogP contribution in [0.4, 0.5) is 0 Å². The molecule has 5 nitrogen and oxygen atoms in total. The molecule has 2 aliphatic rings. The Kier molecular flexibility index (Phi) is 3.53. The van der Waals surface area contributed by atoms with Crippen molar-refractivity contribution in [3.05, 3.63) is 0 Å². The second kappa shape index (κ2) is 4.60. The smallest absolute Gasteiger partial charge is 0.211 e. The summed E-state index contributed by atoms with van der Waals surface area (Å²) in [6.07, 6.45) is 2.20. The molecule has 0 aliphatic carbocycles. The first kappa shape index (κ1) is 12.3. The highest BCUT2D eigenvalue weighted by Gasteiger charge is 2.36. The van der Waals surface area contributed by atoms with Crippen LogP contribution in [0.25, 0.3) is 0 Å². The second-order valence-electron chi connectivity index (χ2n) is 4.79. The SMILES string of the molecule is CN1CCOC[C@H]2CCN(S(C)(=O)=O)C[C@H]21. The summed E-state index contributed by atoms with van der Waals surface area (Å²) >= 11 is 0. The number of hydrogen-bond donors (Lipinski definition) is 0. The molecule has 2 fully saturated rings. The molecular formula is C10H20N2O3S. The van der Waals surface area contributed by atoms with Crippen molar-refractivity contribution in [2.75, 3.05) is 46.2 Å². The van der Waals surface area contributed by atoms with E-state index in [9.17, 15) is 8.42 Å². The molecule has 6 heteroatoms. The third-order valence-electron chi connectivity index (χ3n) is 3.64. The number of hydrogen-bond acceptors (Lipinski definition) is 4. The minimum atomic E-state index is -3.05. The summed E-state index contributed by atoms with van der Waals surface area (Å²) in [5, 5.41) is 0. The van der Waals surface area contributed by atoms with Crippen LogP contribution < -0.4 is 0 Å². The standard InChI is InChI=1S/C10H20N2O3S/c1-11-5-6-15-8-9-3-4-12(7-10(9)11)16(2,13)14/h9-10H,3-8H2,1-2H3/t9-,10-/m1/s1. The van der Waals surface area contributed by atoms with Crippen molar-refractivity contribution >= 4 is 10.0 Å². The van der Waals surface area contributed by atoms with Gasteiger partial charge in [0.05, 0.1) is 19.5 Å². The normalized spacial score (nSPS) is 34.4. The highest BCUT2D eigenvalue weighted by Crippen LogP contribution is 2.25. The molecule has 2 saturated heterocycles. The fourth-order valence-corrected chi connectivity index (χ4v) is 3.42. The summed E-state index contributed by atoms with van der Waals surface area (Å²) in [7, 11) is -0.992. The topological polar surface area (TPSA) is 49.9 Å². The van der Waals surface area contributed by atoms with Crippen molar-refractivity contribution in [1.29, 1.82) is 0 Å². The maximum absolute atomic E-state index is 11.5. The van der Waals surface area contributed by atoms with Crippen molar-refractivity contribution < 1.29 is 13.2 Å². The second-order valence-corrected chi connectivity index (χ2v) is 6.78. The number of sulfonamides is 1. The number of likely N-dealkylation sites (N-methyl/N-ethyl adjacent to an activating group) is 1. The zero-order valence-electron chi connectivity index (χ0n) is 9.92. The average molecular weight is 248 g/mol. The van der Waals surface area contributed by atoms with Crippen LogP contribution in [0.5, 0.6) is 0 Å². The molecule has 94 valence electrons. The zero-order valence-corrected chi connectivity index (χ0v) is 10.7. The molecule has 0 radical (unpaired) electrons. The van der Waals surface area contributed by atoms with E-state index in [2.05, 4.69) is 11.9 Å². The van der Waals surface area contributed by atoms with Gasteiger partial charge in [0.2, 0.25) is 10.0 Å². The van der Waals surface area contributed by atoms with E-state index < -0.39 is 10.0 Å². The summed E-state index contributed by atoms with van der Waals surface area (Å²) in [5.74, 6) is 0.477. The average Bonchev–Trinajstić information content (AvgIpc) is 2.39. The van der Waals surface area contributed by atoms with Crippen molar-refractivity contribution in [3.63, 3.8) is 0 Å². The summed E-state index contributed by atoms with van der Waals surface area (Å²) in [5.41, 5.74) is 0. The van der Waals surface area contributed by atoms with Crippen LogP contribution in [0, 0.1) is 5.92 Å². The number of fused-ring (bicyclic) bond motifs is 1. The maximum atomic E-state index is 11.5. The minimum Gasteiger partial charge on any atom is -0.380 e. The Morgan fingerprint density at radius 2 is 2.06 bits per heavy atom. The van der Waals surface area contributed by atoms with Crippen LogP contribution in [0.15, 0.2) is 0 Å². The van der Waals surface area contributed by atoms with Crippen molar-refractivity contribution in [2.24, 2.45) is 5.92 Å².